The predicted octanol–water partition coefficient (Wildman–Crippen LogP) is 1.99. The minimum absolute atomic E-state index is 0.165. The van der Waals surface area contributed by atoms with Gasteiger partial charge in [-0.3, -0.25) is 0 Å². The molecule has 6 nitrogen and oxygen atoms in total. The number of carbonyl (C=O) groups excluding carboxylic acids is 1. The maximum absolute atomic E-state index is 12.0. The molecule has 0 saturated heterocycles. The summed E-state index contributed by atoms with van der Waals surface area (Å²) in [5, 5.41) is 5.80. The highest BCUT2D eigenvalue weighted by atomic mass is 16.2. The van der Waals surface area contributed by atoms with Crippen molar-refractivity contribution in [1.29, 1.82) is 0 Å². The van der Waals surface area contributed by atoms with Gasteiger partial charge >= 0.3 is 6.03 Å². The molecule has 0 radical (unpaired) electrons. The van der Waals surface area contributed by atoms with Crippen LogP contribution >= 0.6 is 0 Å². The van der Waals surface area contributed by atoms with Gasteiger partial charge in [-0.2, -0.15) is 0 Å². The third-order valence-corrected chi connectivity index (χ3v) is 4.20. The summed E-state index contributed by atoms with van der Waals surface area (Å²) < 4.78 is 0. The SMILES string of the molecule is Cc1cc(CNC(=O)NC[C@H]2Cc3ccccc32)nc(N(C)C)n1. The molecule has 0 fully saturated rings. The molecule has 2 N–H and O–H groups in total. The molecule has 6 heteroatoms. The zero-order valence-electron chi connectivity index (χ0n) is 14.3. The van der Waals surface area contributed by atoms with Gasteiger partial charge in [-0.1, -0.05) is 24.3 Å². The van der Waals surface area contributed by atoms with Gasteiger partial charge in [-0.25, -0.2) is 14.8 Å². The van der Waals surface area contributed by atoms with Crippen molar-refractivity contribution in [3.63, 3.8) is 0 Å². The molecule has 1 atom stereocenters. The lowest BCUT2D eigenvalue weighted by Gasteiger charge is -2.30. The van der Waals surface area contributed by atoms with Gasteiger partial charge in [0.05, 0.1) is 12.2 Å². The number of urea groups is 1. The van der Waals surface area contributed by atoms with Crippen molar-refractivity contribution in [3.05, 3.63) is 52.8 Å². The lowest BCUT2D eigenvalue weighted by Crippen LogP contribution is -2.39. The average molecular weight is 325 g/mol. The number of nitrogens with zero attached hydrogens (tertiary/aromatic N) is 3. The Hall–Kier alpha value is -2.63. The molecule has 1 aromatic carbocycles. The van der Waals surface area contributed by atoms with Gasteiger partial charge in [0.25, 0.3) is 0 Å². The fourth-order valence-electron chi connectivity index (χ4n) is 2.90. The first-order chi connectivity index (χ1) is 11.5. The minimum Gasteiger partial charge on any atom is -0.347 e. The molecular weight excluding hydrogens is 302 g/mol. The van der Waals surface area contributed by atoms with E-state index in [1.165, 1.54) is 11.1 Å². The maximum atomic E-state index is 12.0. The molecule has 3 rings (SSSR count). The van der Waals surface area contributed by atoms with Crippen LogP contribution in [0.1, 0.15) is 28.4 Å². The number of rotatable bonds is 5. The van der Waals surface area contributed by atoms with Crippen LogP contribution in [0.25, 0.3) is 0 Å². The van der Waals surface area contributed by atoms with E-state index in [1.54, 1.807) is 0 Å². The molecule has 1 aromatic heterocycles. The number of hydrogen-bond acceptors (Lipinski definition) is 4. The summed E-state index contributed by atoms with van der Waals surface area (Å²) in [7, 11) is 3.80. The van der Waals surface area contributed by atoms with Gasteiger partial charge < -0.3 is 15.5 Å². The Labute approximate surface area is 142 Å². The summed E-state index contributed by atoms with van der Waals surface area (Å²) in [6.45, 7) is 2.97. The quantitative estimate of drug-likeness (QED) is 0.882. The summed E-state index contributed by atoms with van der Waals surface area (Å²) in [5.74, 6) is 1.08. The Kier molecular flexibility index (Phi) is 4.64. The van der Waals surface area contributed by atoms with Crippen molar-refractivity contribution in [1.82, 2.24) is 20.6 Å². The minimum atomic E-state index is -0.165. The molecule has 2 amide bonds. The molecular formula is C18H23N5O. The van der Waals surface area contributed by atoms with Crippen molar-refractivity contribution in [3.8, 4) is 0 Å². The zero-order chi connectivity index (χ0) is 17.1. The molecule has 0 spiro atoms. The Balaban J connectivity index is 1.48. The number of amides is 2. The molecule has 1 aliphatic carbocycles. The number of nitrogens with one attached hydrogen (secondary N) is 2. The molecule has 1 aliphatic rings. The lowest BCUT2D eigenvalue weighted by molar-refractivity contribution is 0.239. The Bertz CT molecular complexity index is 744. The number of benzene rings is 1. The normalized spacial score (nSPS) is 15.2. The van der Waals surface area contributed by atoms with Crippen LogP contribution in [0.2, 0.25) is 0 Å². The smallest absolute Gasteiger partial charge is 0.315 e. The number of aromatic nitrogens is 2. The monoisotopic (exact) mass is 325 g/mol. The first-order valence-electron chi connectivity index (χ1n) is 8.14. The van der Waals surface area contributed by atoms with E-state index in [9.17, 15) is 4.79 Å². The highest BCUT2D eigenvalue weighted by molar-refractivity contribution is 5.74. The summed E-state index contributed by atoms with van der Waals surface area (Å²) in [6.07, 6.45) is 1.04. The van der Waals surface area contributed by atoms with E-state index in [0.29, 0.717) is 25.0 Å². The number of fused-ring (bicyclic) bond motifs is 1. The van der Waals surface area contributed by atoms with E-state index in [0.717, 1.165) is 17.8 Å². The Morgan fingerprint density at radius 3 is 2.79 bits per heavy atom. The largest absolute Gasteiger partial charge is 0.347 e. The first-order valence-corrected chi connectivity index (χ1v) is 8.14. The second kappa shape index (κ2) is 6.86. The summed E-state index contributed by atoms with van der Waals surface area (Å²) in [4.78, 5) is 22.6. The van der Waals surface area contributed by atoms with E-state index in [2.05, 4.69) is 38.8 Å². The van der Waals surface area contributed by atoms with E-state index in [-0.39, 0.29) is 6.03 Å². The summed E-state index contributed by atoms with van der Waals surface area (Å²) in [5.41, 5.74) is 4.42. The fourth-order valence-corrected chi connectivity index (χ4v) is 2.90. The maximum Gasteiger partial charge on any atom is 0.315 e. The van der Waals surface area contributed by atoms with Gasteiger partial charge in [0, 0.05) is 32.3 Å². The highest BCUT2D eigenvalue weighted by Crippen LogP contribution is 2.33. The molecule has 0 bridgehead atoms. The molecule has 0 aliphatic heterocycles. The third-order valence-electron chi connectivity index (χ3n) is 4.20. The van der Waals surface area contributed by atoms with Crippen molar-refractivity contribution >= 4 is 12.0 Å². The number of aryl methyl sites for hydroxylation is 1. The van der Waals surface area contributed by atoms with Crippen LogP contribution < -0.4 is 15.5 Å². The topological polar surface area (TPSA) is 70.2 Å². The van der Waals surface area contributed by atoms with Crippen LogP contribution in [-0.2, 0) is 13.0 Å². The van der Waals surface area contributed by atoms with Gasteiger partial charge in [0.2, 0.25) is 5.95 Å². The van der Waals surface area contributed by atoms with Crippen LogP contribution in [0.4, 0.5) is 10.7 Å². The average Bonchev–Trinajstić information content (AvgIpc) is 2.53. The van der Waals surface area contributed by atoms with Crippen molar-refractivity contribution < 1.29 is 4.79 Å². The lowest BCUT2D eigenvalue weighted by atomic mass is 9.78. The van der Waals surface area contributed by atoms with Crippen molar-refractivity contribution in [2.45, 2.75) is 25.8 Å². The predicted molar refractivity (Wildman–Crippen MR) is 94.2 cm³/mol. The Morgan fingerprint density at radius 2 is 2.04 bits per heavy atom. The van der Waals surface area contributed by atoms with Crippen LogP contribution in [0.3, 0.4) is 0 Å². The molecule has 2 aromatic rings. The summed E-state index contributed by atoms with van der Waals surface area (Å²) >= 11 is 0. The zero-order valence-corrected chi connectivity index (χ0v) is 14.3. The van der Waals surface area contributed by atoms with Gasteiger partial charge in [0.1, 0.15) is 0 Å². The molecule has 24 heavy (non-hydrogen) atoms. The van der Waals surface area contributed by atoms with Crippen LogP contribution in [0.15, 0.2) is 30.3 Å². The van der Waals surface area contributed by atoms with E-state index in [4.69, 9.17) is 0 Å². The number of carbonyl (C=O) groups is 1. The van der Waals surface area contributed by atoms with Crippen LogP contribution in [0.5, 0.6) is 0 Å². The molecule has 1 heterocycles. The molecule has 0 saturated carbocycles. The first kappa shape index (κ1) is 16.2. The number of hydrogen-bond donors (Lipinski definition) is 2. The van der Waals surface area contributed by atoms with Crippen LogP contribution in [-0.4, -0.2) is 36.6 Å². The highest BCUT2D eigenvalue weighted by Gasteiger charge is 2.25. The van der Waals surface area contributed by atoms with Gasteiger partial charge in [-0.15, -0.1) is 0 Å². The molecule has 126 valence electrons. The second-order valence-corrected chi connectivity index (χ2v) is 6.36. The fraction of sp³-hybridized carbons (Fsp3) is 0.389. The molecule has 0 unspecified atom stereocenters. The van der Waals surface area contributed by atoms with E-state index < -0.39 is 0 Å². The van der Waals surface area contributed by atoms with Crippen molar-refractivity contribution in [2.24, 2.45) is 0 Å². The Morgan fingerprint density at radius 1 is 1.25 bits per heavy atom. The second-order valence-electron chi connectivity index (χ2n) is 6.36. The number of anilines is 1. The summed E-state index contributed by atoms with van der Waals surface area (Å²) in [6, 6.07) is 10.1. The third kappa shape index (κ3) is 3.64. The standard InChI is InChI=1S/C18H23N5O/c1-12-8-15(22-17(21-12)23(2)3)11-20-18(24)19-10-14-9-13-6-4-5-7-16(13)14/h4-8,14H,9-11H2,1-3H3,(H2,19,20,24)/t14-/m1/s1. The van der Waals surface area contributed by atoms with Crippen molar-refractivity contribution in [2.75, 3.05) is 25.5 Å². The van der Waals surface area contributed by atoms with Gasteiger partial charge in [-0.05, 0) is 30.5 Å². The van der Waals surface area contributed by atoms with E-state index in [1.807, 2.05) is 38.1 Å². The van der Waals surface area contributed by atoms with E-state index >= 15 is 0 Å². The van der Waals surface area contributed by atoms with Crippen LogP contribution in [0, 0.1) is 6.92 Å². The van der Waals surface area contributed by atoms with Gasteiger partial charge in [0.15, 0.2) is 0 Å².